The molecule has 0 aliphatic heterocycles. The van der Waals surface area contributed by atoms with E-state index in [0.717, 1.165) is 23.2 Å². The van der Waals surface area contributed by atoms with Crippen LogP contribution in [0.15, 0.2) is 48.5 Å². The molecule has 1 N–H and O–H groups in total. The Morgan fingerprint density at radius 1 is 0.947 bits per heavy atom. The number of rotatable bonds is 1. The number of H-pyrrole nitrogens is 1. The van der Waals surface area contributed by atoms with Gasteiger partial charge in [0.05, 0.1) is 16.6 Å². The molecule has 3 rings (SSSR count). The molecule has 0 saturated carbocycles. The molecule has 96 valence electrons. The summed E-state index contributed by atoms with van der Waals surface area (Å²) in [7, 11) is 0. The van der Waals surface area contributed by atoms with Gasteiger partial charge in [-0.15, -0.1) is 0 Å². The Labute approximate surface area is 106 Å². The highest BCUT2D eigenvalue weighted by Crippen LogP contribution is 2.31. The summed E-state index contributed by atoms with van der Waals surface area (Å²) in [5, 5.41) is 0. The van der Waals surface area contributed by atoms with Crippen molar-refractivity contribution >= 4 is 11.0 Å². The molecule has 5 heteroatoms. The summed E-state index contributed by atoms with van der Waals surface area (Å²) in [4.78, 5) is 7.30. The molecule has 0 aliphatic rings. The van der Waals surface area contributed by atoms with E-state index in [1.165, 1.54) is 6.07 Å². The average Bonchev–Trinajstić information content (AvgIpc) is 2.81. The molecule has 2 nitrogen and oxygen atoms in total. The van der Waals surface area contributed by atoms with Crippen LogP contribution in [0.5, 0.6) is 0 Å². The van der Waals surface area contributed by atoms with Gasteiger partial charge in [-0.1, -0.05) is 24.3 Å². The number of aromatic nitrogens is 2. The van der Waals surface area contributed by atoms with Crippen LogP contribution in [0.3, 0.4) is 0 Å². The highest BCUT2D eigenvalue weighted by atomic mass is 19.4. The maximum atomic E-state index is 12.7. The minimum atomic E-state index is -4.35. The predicted molar refractivity (Wildman–Crippen MR) is 66.5 cm³/mol. The van der Waals surface area contributed by atoms with Crippen LogP contribution in [0.25, 0.3) is 22.4 Å². The largest absolute Gasteiger partial charge is 0.416 e. The third kappa shape index (κ3) is 2.19. The van der Waals surface area contributed by atoms with Crippen molar-refractivity contribution in [1.29, 1.82) is 0 Å². The highest BCUT2D eigenvalue weighted by Gasteiger charge is 2.30. The van der Waals surface area contributed by atoms with E-state index in [1.807, 2.05) is 24.3 Å². The Morgan fingerprint density at radius 3 is 2.47 bits per heavy atom. The number of fused-ring (bicyclic) bond motifs is 1. The lowest BCUT2D eigenvalue weighted by molar-refractivity contribution is -0.137. The summed E-state index contributed by atoms with van der Waals surface area (Å²) in [6, 6.07) is 12.4. The maximum absolute atomic E-state index is 12.7. The Morgan fingerprint density at radius 2 is 1.74 bits per heavy atom. The smallest absolute Gasteiger partial charge is 0.338 e. The van der Waals surface area contributed by atoms with E-state index in [9.17, 15) is 13.2 Å². The zero-order valence-corrected chi connectivity index (χ0v) is 9.70. The molecular weight excluding hydrogens is 253 g/mol. The molecule has 0 saturated heterocycles. The maximum Gasteiger partial charge on any atom is 0.416 e. The zero-order valence-electron chi connectivity index (χ0n) is 9.70. The second-order valence-corrected chi connectivity index (χ2v) is 4.18. The van der Waals surface area contributed by atoms with Gasteiger partial charge in [0.2, 0.25) is 0 Å². The number of alkyl halides is 3. The summed E-state index contributed by atoms with van der Waals surface area (Å²) < 4.78 is 38.0. The second kappa shape index (κ2) is 4.12. The van der Waals surface area contributed by atoms with Gasteiger partial charge in [0.1, 0.15) is 5.82 Å². The number of nitrogens with zero attached hydrogens (tertiary/aromatic N) is 1. The standard InChI is InChI=1S/C14H9F3N2/c15-14(16,17)10-5-3-4-9(8-10)13-18-11-6-1-2-7-12(11)19-13/h1-8H,(H,18,19). The Hall–Kier alpha value is -2.30. The predicted octanol–water partition coefficient (Wildman–Crippen LogP) is 4.25. The highest BCUT2D eigenvalue weighted by molar-refractivity contribution is 5.79. The first kappa shape index (κ1) is 11.8. The lowest BCUT2D eigenvalue weighted by Gasteiger charge is -2.07. The topological polar surface area (TPSA) is 28.7 Å². The number of aromatic amines is 1. The van der Waals surface area contributed by atoms with E-state index >= 15 is 0 Å². The fourth-order valence-corrected chi connectivity index (χ4v) is 1.93. The number of nitrogens with one attached hydrogen (secondary N) is 1. The molecule has 0 spiro atoms. The fraction of sp³-hybridized carbons (Fsp3) is 0.0714. The average molecular weight is 262 g/mol. The molecule has 0 amide bonds. The molecule has 0 atom stereocenters. The van der Waals surface area contributed by atoms with E-state index < -0.39 is 11.7 Å². The minimum Gasteiger partial charge on any atom is -0.338 e. The first-order valence-corrected chi connectivity index (χ1v) is 5.66. The number of hydrogen-bond acceptors (Lipinski definition) is 1. The Kier molecular flexibility index (Phi) is 2.55. The van der Waals surface area contributed by atoms with E-state index in [-0.39, 0.29) is 0 Å². The van der Waals surface area contributed by atoms with Gasteiger partial charge in [0.15, 0.2) is 0 Å². The van der Waals surface area contributed by atoms with Crippen molar-refractivity contribution < 1.29 is 13.2 Å². The lowest BCUT2D eigenvalue weighted by atomic mass is 10.1. The summed E-state index contributed by atoms with van der Waals surface area (Å²) in [5.74, 6) is 0.437. The van der Waals surface area contributed by atoms with Crippen LogP contribution in [-0.2, 0) is 6.18 Å². The van der Waals surface area contributed by atoms with E-state index in [4.69, 9.17) is 0 Å². The van der Waals surface area contributed by atoms with Crippen LogP contribution in [0.1, 0.15) is 5.56 Å². The molecule has 2 aromatic carbocycles. The SMILES string of the molecule is FC(F)(F)c1cccc(-c2nc3ccccc3[nH]2)c1. The van der Waals surface area contributed by atoms with Crippen LogP contribution in [0.2, 0.25) is 0 Å². The molecule has 1 aromatic heterocycles. The molecule has 0 bridgehead atoms. The van der Waals surface area contributed by atoms with Gasteiger partial charge in [0.25, 0.3) is 0 Å². The van der Waals surface area contributed by atoms with Crippen LogP contribution in [0, 0.1) is 0 Å². The molecule has 3 aromatic rings. The number of imidazole rings is 1. The van der Waals surface area contributed by atoms with Crippen molar-refractivity contribution in [3.05, 3.63) is 54.1 Å². The monoisotopic (exact) mass is 262 g/mol. The zero-order chi connectivity index (χ0) is 13.5. The van der Waals surface area contributed by atoms with Gasteiger partial charge in [-0.25, -0.2) is 4.98 Å². The number of para-hydroxylation sites is 2. The van der Waals surface area contributed by atoms with Gasteiger partial charge in [-0.05, 0) is 24.3 Å². The molecule has 0 unspecified atom stereocenters. The van der Waals surface area contributed by atoms with Crippen molar-refractivity contribution in [3.8, 4) is 11.4 Å². The number of halogens is 3. The summed E-state index contributed by atoms with van der Waals surface area (Å²) in [6.07, 6.45) is -4.35. The van der Waals surface area contributed by atoms with Gasteiger partial charge in [-0.2, -0.15) is 13.2 Å². The summed E-state index contributed by atoms with van der Waals surface area (Å²) in [5.41, 5.74) is 1.28. The first-order valence-electron chi connectivity index (χ1n) is 5.66. The van der Waals surface area contributed by atoms with Crippen molar-refractivity contribution in [2.45, 2.75) is 6.18 Å². The third-order valence-electron chi connectivity index (χ3n) is 2.85. The lowest BCUT2D eigenvalue weighted by Crippen LogP contribution is -2.04. The van der Waals surface area contributed by atoms with Gasteiger partial charge < -0.3 is 4.98 Å². The molecule has 0 aliphatic carbocycles. The van der Waals surface area contributed by atoms with Crippen LogP contribution >= 0.6 is 0 Å². The van der Waals surface area contributed by atoms with Crippen LogP contribution in [0.4, 0.5) is 13.2 Å². The first-order chi connectivity index (χ1) is 9.04. The van der Waals surface area contributed by atoms with Gasteiger partial charge in [-0.3, -0.25) is 0 Å². The Bertz CT molecular complexity index is 696. The van der Waals surface area contributed by atoms with E-state index in [0.29, 0.717) is 11.4 Å². The Balaban J connectivity index is 2.11. The van der Waals surface area contributed by atoms with Gasteiger partial charge >= 0.3 is 6.18 Å². The van der Waals surface area contributed by atoms with Gasteiger partial charge in [0, 0.05) is 5.56 Å². The molecule has 0 fully saturated rings. The molecule has 1 heterocycles. The van der Waals surface area contributed by atoms with Crippen molar-refractivity contribution in [3.63, 3.8) is 0 Å². The fourth-order valence-electron chi connectivity index (χ4n) is 1.93. The summed E-state index contributed by atoms with van der Waals surface area (Å²) in [6.45, 7) is 0. The second-order valence-electron chi connectivity index (χ2n) is 4.18. The van der Waals surface area contributed by atoms with Crippen LogP contribution < -0.4 is 0 Å². The number of hydrogen-bond donors (Lipinski definition) is 1. The van der Waals surface area contributed by atoms with E-state index in [1.54, 1.807) is 6.07 Å². The molecular formula is C14H9F3N2. The number of benzene rings is 2. The quantitative estimate of drug-likeness (QED) is 0.697. The molecule has 19 heavy (non-hydrogen) atoms. The molecule has 0 radical (unpaired) electrons. The van der Waals surface area contributed by atoms with E-state index in [2.05, 4.69) is 9.97 Å². The van der Waals surface area contributed by atoms with Crippen molar-refractivity contribution in [2.24, 2.45) is 0 Å². The normalized spacial score (nSPS) is 11.9. The van der Waals surface area contributed by atoms with Crippen molar-refractivity contribution in [1.82, 2.24) is 9.97 Å². The van der Waals surface area contributed by atoms with Crippen LogP contribution in [-0.4, -0.2) is 9.97 Å². The minimum absolute atomic E-state index is 0.422. The third-order valence-corrected chi connectivity index (χ3v) is 2.85. The summed E-state index contributed by atoms with van der Waals surface area (Å²) >= 11 is 0. The van der Waals surface area contributed by atoms with Crippen molar-refractivity contribution in [2.75, 3.05) is 0 Å².